The monoisotopic (exact) mass is 329 g/mol. The SMILES string of the molecule is C[C@@H]1CN(CC(=O)Nc2ccc(Cl)cc2Cl)[C@H](C)CN1C. The second-order valence-corrected chi connectivity index (χ2v) is 6.58. The quantitative estimate of drug-likeness (QED) is 0.926. The Labute approximate surface area is 136 Å². The molecule has 1 fully saturated rings. The minimum atomic E-state index is -0.0529. The van der Waals surface area contributed by atoms with Crippen LogP contribution in [-0.4, -0.2) is 54.5 Å². The lowest BCUT2D eigenvalue weighted by Crippen LogP contribution is -2.56. The van der Waals surface area contributed by atoms with Crippen LogP contribution in [0.5, 0.6) is 0 Å². The van der Waals surface area contributed by atoms with E-state index in [1.165, 1.54) is 0 Å². The van der Waals surface area contributed by atoms with Crippen molar-refractivity contribution in [2.75, 3.05) is 32.0 Å². The maximum Gasteiger partial charge on any atom is 0.238 e. The average Bonchev–Trinajstić information content (AvgIpc) is 2.39. The van der Waals surface area contributed by atoms with Gasteiger partial charge in [0.2, 0.25) is 5.91 Å². The Bertz CT molecular complexity index is 524. The van der Waals surface area contributed by atoms with Gasteiger partial charge in [-0.3, -0.25) is 9.69 Å². The fourth-order valence-corrected chi connectivity index (χ4v) is 3.01. The van der Waals surface area contributed by atoms with E-state index in [0.717, 1.165) is 13.1 Å². The van der Waals surface area contributed by atoms with Crippen molar-refractivity contribution in [3.05, 3.63) is 28.2 Å². The zero-order valence-corrected chi connectivity index (χ0v) is 14.1. The van der Waals surface area contributed by atoms with E-state index in [2.05, 4.69) is 36.0 Å². The third kappa shape index (κ3) is 4.33. The Hall–Kier alpha value is -0.810. The number of nitrogens with one attached hydrogen (secondary N) is 1. The molecule has 0 unspecified atom stereocenters. The van der Waals surface area contributed by atoms with Crippen LogP contribution in [0, 0.1) is 0 Å². The molecular weight excluding hydrogens is 309 g/mol. The number of rotatable bonds is 3. The second kappa shape index (κ2) is 6.97. The largest absolute Gasteiger partial charge is 0.324 e. The van der Waals surface area contributed by atoms with Gasteiger partial charge in [0.1, 0.15) is 0 Å². The number of benzene rings is 1. The first kappa shape index (κ1) is 16.6. The summed E-state index contributed by atoms with van der Waals surface area (Å²) in [6, 6.07) is 5.87. The van der Waals surface area contributed by atoms with Gasteiger partial charge in [-0.05, 0) is 39.1 Å². The minimum absolute atomic E-state index is 0.0529. The Morgan fingerprint density at radius 2 is 2.00 bits per heavy atom. The number of amides is 1. The van der Waals surface area contributed by atoms with Gasteiger partial charge in [-0.2, -0.15) is 0 Å². The molecule has 0 radical (unpaired) electrons. The van der Waals surface area contributed by atoms with Crippen molar-refractivity contribution in [2.24, 2.45) is 0 Å². The Kier molecular flexibility index (Phi) is 5.49. The third-order valence-electron chi connectivity index (χ3n) is 3.98. The average molecular weight is 330 g/mol. The molecule has 0 spiro atoms. The predicted molar refractivity (Wildman–Crippen MR) is 88.2 cm³/mol. The highest BCUT2D eigenvalue weighted by molar-refractivity contribution is 6.36. The van der Waals surface area contributed by atoms with Crippen molar-refractivity contribution in [1.82, 2.24) is 9.80 Å². The van der Waals surface area contributed by atoms with Gasteiger partial charge in [0.25, 0.3) is 0 Å². The van der Waals surface area contributed by atoms with Gasteiger partial charge < -0.3 is 10.2 Å². The minimum Gasteiger partial charge on any atom is -0.324 e. The van der Waals surface area contributed by atoms with Crippen molar-refractivity contribution in [1.29, 1.82) is 0 Å². The van der Waals surface area contributed by atoms with Crippen LogP contribution in [-0.2, 0) is 4.79 Å². The molecule has 0 bridgehead atoms. The molecule has 21 heavy (non-hydrogen) atoms. The summed E-state index contributed by atoms with van der Waals surface area (Å²) in [7, 11) is 2.12. The number of hydrogen-bond donors (Lipinski definition) is 1. The molecule has 1 aliphatic heterocycles. The molecule has 0 saturated carbocycles. The van der Waals surface area contributed by atoms with Crippen LogP contribution < -0.4 is 5.32 Å². The van der Waals surface area contributed by atoms with Gasteiger partial charge >= 0.3 is 0 Å². The topological polar surface area (TPSA) is 35.6 Å². The summed E-state index contributed by atoms with van der Waals surface area (Å²) in [5.41, 5.74) is 0.598. The molecule has 1 amide bonds. The van der Waals surface area contributed by atoms with E-state index in [1.807, 2.05) is 0 Å². The van der Waals surface area contributed by atoms with Crippen molar-refractivity contribution < 1.29 is 4.79 Å². The van der Waals surface area contributed by atoms with Gasteiger partial charge in [-0.15, -0.1) is 0 Å². The molecule has 2 atom stereocenters. The molecular formula is C15H21Cl2N3O. The van der Waals surface area contributed by atoms with Crippen molar-refractivity contribution >= 4 is 34.8 Å². The van der Waals surface area contributed by atoms with E-state index in [1.54, 1.807) is 18.2 Å². The molecule has 1 aromatic rings. The van der Waals surface area contributed by atoms with Crippen LogP contribution in [0.4, 0.5) is 5.69 Å². The first-order valence-corrected chi connectivity index (χ1v) is 7.81. The summed E-state index contributed by atoms with van der Waals surface area (Å²) in [5.74, 6) is -0.0529. The van der Waals surface area contributed by atoms with Crippen LogP contribution in [0.15, 0.2) is 18.2 Å². The lowest BCUT2D eigenvalue weighted by Gasteiger charge is -2.42. The fraction of sp³-hybridized carbons (Fsp3) is 0.533. The normalized spacial score (nSPS) is 24.0. The number of carbonyl (C=O) groups is 1. The molecule has 1 N–H and O–H groups in total. The van der Waals surface area contributed by atoms with E-state index in [9.17, 15) is 4.79 Å². The molecule has 116 valence electrons. The Balaban J connectivity index is 1.95. The standard InChI is InChI=1S/C15H21Cl2N3O/c1-10-8-20(11(2)7-19(10)3)9-15(21)18-14-5-4-12(16)6-13(14)17/h4-6,10-11H,7-9H2,1-3H3,(H,18,21)/t10-,11-/m1/s1. The first-order chi connectivity index (χ1) is 9.86. The maximum absolute atomic E-state index is 12.2. The number of carbonyl (C=O) groups excluding carboxylic acids is 1. The Morgan fingerprint density at radius 1 is 1.29 bits per heavy atom. The number of nitrogens with zero attached hydrogens (tertiary/aromatic N) is 2. The van der Waals surface area contributed by atoms with Crippen LogP contribution >= 0.6 is 23.2 Å². The molecule has 6 heteroatoms. The summed E-state index contributed by atoms with van der Waals surface area (Å²) < 4.78 is 0. The molecule has 1 aromatic carbocycles. The molecule has 4 nitrogen and oxygen atoms in total. The van der Waals surface area contributed by atoms with Crippen LogP contribution in [0.2, 0.25) is 10.0 Å². The summed E-state index contributed by atoms with van der Waals surface area (Å²) in [6.45, 7) is 6.55. The van der Waals surface area contributed by atoms with Crippen molar-refractivity contribution in [3.8, 4) is 0 Å². The van der Waals surface area contributed by atoms with E-state index in [4.69, 9.17) is 23.2 Å². The van der Waals surface area contributed by atoms with Gasteiger partial charge in [-0.25, -0.2) is 0 Å². The molecule has 2 rings (SSSR count). The summed E-state index contributed by atoms with van der Waals surface area (Å²) in [5, 5.41) is 3.86. The zero-order valence-electron chi connectivity index (χ0n) is 12.6. The number of halogens is 2. The maximum atomic E-state index is 12.2. The fourth-order valence-electron chi connectivity index (χ4n) is 2.56. The molecule has 0 aliphatic carbocycles. The van der Waals surface area contributed by atoms with E-state index in [-0.39, 0.29) is 5.91 Å². The number of piperazine rings is 1. The van der Waals surface area contributed by atoms with Gasteiger partial charge in [0.15, 0.2) is 0 Å². The number of anilines is 1. The van der Waals surface area contributed by atoms with Gasteiger partial charge in [0, 0.05) is 30.2 Å². The predicted octanol–water partition coefficient (Wildman–Crippen LogP) is 2.96. The first-order valence-electron chi connectivity index (χ1n) is 7.06. The molecule has 1 aliphatic rings. The molecule has 0 aromatic heterocycles. The zero-order chi connectivity index (χ0) is 15.6. The van der Waals surface area contributed by atoms with Crippen LogP contribution in [0.3, 0.4) is 0 Å². The van der Waals surface area contributed by atoms with E-state index in [0.29, 0.717) is 34.4 Å². The highest BCUT2D eigenvalue weighted by atomic mass is 35.5. The van der Waals surface area contributed by atoms with Gasteiger partial charge in [-0.1, -0.05) is 23.2 Å². The molecule has 1 saturated heterocycles. The number of hydrogen-bond acceptors (Lipinski definition) is 3. The van der Waals surface area contributed by atoms with Crippen molar-refractivity contribution in [2.45, 2.75) is 25.9 Å². The van der Waals surface area contributed by atoms with Crippen molar-refractivity contribution in [3.63, 3.8) is 0 Å². The van der Waals surface area contributed by atoms with E-state index < -0.39 is 0 Å². The summed E-state index contributed by atoms with van der Waals surface area (Å²) in [6.07, 6.45) is 0. The molecule has 1 heterocycles. The lowest BCUT2D eigenvalue weighted by molar-refractivity contribution is -0.118. The van der Waals surface area contributed by atoms with Crippen LogP contribution in [0.1, 0.15) is 13.8 Å². The third-order valence-corrected chi connectivity index (χ3v) is 4.53. The lowest BCUT2D eigenvalue weighted by atomic mass is 10.1. The summed E-state index contributed by atoms with van der Waals surface area (Å²) in [4.78, 5) is 16.7. The van der Waals surface area contributed by atoms with Crippen LogP contribution in [0.25, 0.3) is 0 Å². The van der Waals surface area contributed by atoms with E-state index >= 15 is 0 Å². The Morgan fingerprint density at radius 3 is 2.67 bits per heavy atom. The highest BCUT2D eigenvalue weighted by Gasteiger charge is 2.27. The smallest absolute Gasteiger partial charge is 0.238 e. The number of likely N-dealkylation sites (N-methyl/N-ethyl adjacent to an activating group) is 1. The highest BCUT2D eigenvalue weighted by Crippen LogP contribution is 2.25. The van der Waals surface area contributed by atoms with Gasteiger partial charge in [0.05, 0.1) is 17.3 Å². The summed E-state index contributed by atoms with van der Waals surface area (Å²) >= 11 is 11.9. The second-order valence-electron chi connectivity index (χ2n) is 5.74.